The van der Waals surface area contributed by atoms with Gasteiger partial charge in [0, 0.05) is 24.7 Å². The van der Waals surface area contributed by atoms with E-state index in [0.717, 1.165) is 25.9 Å². The maximum absolute atomic E-state index is 12.3. The Morgan fingerprint density at radius 3 is 2.64 bits per heavy atom. The highest BCUT2D eigenvalue weighted by Crippen LogP contribution is 2.37. The molecule has 2 N–H and O–H groups in total. The van der Waals surface area contributed by atoms with Crippen LogP contribution in [-0.2, 0) is 4.79 Å². The monoisotopic (exact) mass is 318 g/mol. The number of Topliss-reactive ketones (excluding diaryl/α,β-unsaturated/α-hetero) is 1. The number of carbonyl (C=O) groups is 2. The summed E-state index contributed by atoms with van der Waals surface area (Å²) in [6, 6.07) is 9.49. The van der Waals surface area contributed by atoms with Crippen LogP contribution in [0.1, 0.15) is 23.2 Å². The molecule has 3 unspecified atom stereocenters. The van der Waals surface area contributed by atoms with Gasteiger partial charge < -0.3 is 10.6 Å². The second-order valence-corrected chi connectivity index (χ2v) is 7.23. The number of fused-ring (bicyclic) bond motifs is 1. The first-order valence-electron chi connectivity index (χ1n) is 7.84. The number of rotatable bonds is 5. The van der Waals surface area contributed by atoms with Crippen LogP contribution in [0.15, 0.2) is 30.3 Å². The van der Waals surface area contributed by atoms with Crippen LogP contribution >= 0.6 is 11.8 Å². The minimum Gasteiger partial charge on any atom is -0.341 e. The summed E-state index contributed by atoms with van der Waals surface area (Å²) in [5.41, 5.74) is 6.81. The highest BCUT2D eigenvalue weighted by molar-refractivity contribution is 8.00. The Balaban J connectivity index is 1.43. The molecule has 118 valence electrons. The third-order valence-electron chi connectivity index (χ3n) is 4.82. The summed E-state index contributed by atoms with van der Waals surface area (Å²) in [7, 11) is 0. The summed E-state index contributed by atoms with van der Waals surface area (Å²) in [6.07, 6.45) is 2.24. The Morgan fingerprint density at radius 1 is 1.14 bits per heavy atom. The molecular formula is C17H22N2O2S. The predicted octanol–water partition coefficient (Wildman–Crippen LogP) is 1.80. The highest BCUT2D eigenvalue weighted by Gasteiger charge is 2.42. The van der Waals surface area contributed by atoms with E-state index in [4.69, 9.17) is 5.73 Å². The fraction of sp³-hybridized carbons (Fsp3) is 0.529. The van der Waals surface area contributed by atoms with Crippen molar-refractivity contribution in [2.75, 3.05) is 24.6 Å². The molecule has 3 atom stereocenters. The first-order chi connectivity index (χ1) is 10.6. The molecule has 1 heterocycles. The van der Waals surface area contributed by atoms with Crippen molar-refractivity contribution in [3.05, 3.63) is 35.9 Å². The van der Waals surface area contributed by atoms with Gasteiger partial charge in [-0.1, -0.05) is 30.3 Å². The number of nitrogens with zero attached hydrogens (tertiary/aromatic N) is 1. The Bertz CT molecular complexity index is 549. The Morgan fingerprint density at radius 2 is 1.91 bits per heavy atom. The molecule has 0 radical (unpaired) electrons. The van der Waals surface area contributed by atoms with Crippen molar-refractivity contribution in [2.45, 2.75) is 18.9 Å². The smallest absolute Gasteiger partial charge is 0.232 e. The van der Waals surface area contributed by atoms with Gasteiger partial charge in [0.25, 0.3) is 0 Å². The summed E-state index contributed by atoms with van der Waals surface area (Å²) in [5, 5.41) is 0. The van der Waals surface area contributed by atoms with Crippen LogP contribution in [0.25, 0.3) is 0 Å². The molecule has 22 heavy (non-hydrogen) atoms. The zero-order valence-corrected chi connectivity index (χ0v) is 13.4. The van der Waals surface area contributed by atoms with Gasteiger partial charge in [-0.15, -0.1) is 11.8 Å². The zero-order chi connectivity index (χ0) is 15.5. The molecule has 1 aliphatic carbocycles. The average molecular weight is 318 g/mol. The summed E-state index contributed by atoms with van der Waals surface area (Å²) < 4.78 is 0. The molecule has 0 bridgehead atoms. The van der Waals surface area contributed by atoms with Crippen molar-refractivity contribution in [3.8, 4) is 0 Å². The van der Waals surface area contributed by atoms with E-state index < -0.39 is 0 Å². The van der Waals surface area contributed by atoms with Gasteiger partial charge in [0.2, 0.25) is 5.91 Å². The van der Waals surface area contributed by atoms with E-state index in [1.54, 1.807) is 0 Å². The lowest BCUT2D eigenvalue weighted by molar-refractivity contribution is -0.127. The quantitative estimate of drug-likeness (QED) is 0.841. The van der Waals surface area contributed by atoms with Gasteiger partial charge in [0.1, 0.15) is 0 Å². The summed E-state index contributed by atoms with van der Waals surface area (Å²) in [4.78, 5) is 26.2. The van der Waals surface area contributed by atoms with E-state index in [1.165, 1.54) is 11.8 Å². The normalized spacial score (nSPS) is 27.0. The summed E-state index contributed by atoms with van der Waals surface area (Å²) in [6.45, 7) is 1.66. The maximum atomic E-state index is 12.3. The molecule has 1 aliphatic heterocycles. The van der Waals surface area contributed by atoms with Crippen molar-refractivity contribution in [1.29, 1.82) is 0 Å². The molecule has 0 spiro atoms. The summed E-state index contributed by atoms with van der Waals surface area (Å²) in [5.74, 6) is 2.05. The molecule has 4 nitrogen and oxygen atoms in total. The van der Waals surface area contributed by atoms with E-state index in [-0.39, 0.29) is 17.7 Å². The van der Waals surface area contributed by atoms with Crippen LogP contribution in [0.2, 0.25) is 0 Å². The van der Waals surface area contributed by atoms with Crippen molar-refractivity contribution in [1.82, 2.24) is 4.90 Å². The molecule has 1 amide bonds. The van der Waals surface area contributed by atoms with Crippen LogP contribution in [0.4, 0.5) is 0 Å². The Labute approximate surface area is 135 Å². The minimum absolute atomic E-state index is 0.0821. The molecule has 1 saturated carbocycles. The van der Waals surface area contributed by atoms with Crippen molar-refractivity contribution >= 4 is 23.5 Å². The molecule has 2 aliphatic rings. The van der Waals surface area contributed by atoms with Gasteiger partial charge in [-0.05, 0) is 24.7 Å². The standard InChI is InChI=1S/C17H22N2O2S/c18-15-7-6-13-8-19(9-14(13)15)17(21)11-22-10-16(20)12-4-2-1-3-5-12/h1-5,13-15H,6-11,18H2. The van der Waals surface area contributed by atoms with E-state index in [2.05, 4.69) is 0 Å². The van der Waals surface area contributed by atoms with Crippen molar-refractivity contribution in [2.24, 2.45) is 17.6 Å². The fourth-order valence-electron chi connectivity index (χ4n) is 3.54. The van der Waals surface area contributed by atoms with Gasteiger partial charge in [-0.25, -0.2) is 0 Å². The molecule has 5 heteroatoms. The topological polar surface area (TPSA) is 63.4 Å². The highest BCUT2D eigenvalue weighted by atomic mass is 32.2. The number of nitrogens with two attached hydrogens (primary N) is 1. The molecule has 1 aromatic carbocycles. The first-order valence-corrected chi connectivity index (χ1v) is 9.00. The van der Waals surface area contributed by atoms with Crippen LogP contribution in [0.5, 0.6) is 0 Å². The number of hydrogen-bond donors (Lipinski definition) is 1. The van der Waals surface area contributed by atoms with Crippen LogP contribution in [-0.4, -0.2) is 47.2 Å². The number of benzene rings is 1. The summed E-state index contributed by atoms with van der Waals surface area (Å²) >= 11 is 1.41. The molecule has 1 aromatic rings. The SMILES string of the molecule is NC1CCC2CN(C(=O)CSCC(=O)c3ccccc3)CC12. The lowest BCUT2D eigenvalue weighted by atomic mass is 9.98. The third-order valence-corrected chi connectivity index (χ3v) is 5.74. The van der Waals surface area contributed by atoms with Gasteiger partial charge in [0.15, 0.2) is 5.78 Å². The second-order valence-electron chi connectivity index (χ2n) is 6.25. The lowest BCUT2D eigenvalue weighted by Crippen LogP contribution is -2.34. The zero-order valence-electron chi connectivity index (χ0n) is 12.6. The van der Waals surface area contributed by atoms with Crippen LogP contribution in [0, 0.1) is 11.8 Å². The number of ketones is 1. The number of likely N-dealkylation sites (tertiary alicyclic amines) is 1. The maximum Gasteiger partial charge on any atom is 0.232 e. The van der Waals surface area contributed by atoms with Crippen LogP contribution < -0.4 is 5.73 Å². The molecule has 0 aromatic heterocycles. The van der Waals surface area contributed by atoms with Crippen molar-refractivity contribution < 1.29 is 9.59 Å². The third kappa shape index (κ3) is 3.36. The number of hydrogen-bond acceptors (Lipinski definition) is 4. The van der Waals surface area contributed by atoms with E-state index in [1.807, 2.05) is 35.2 Å². The number of amides is 1. The Hall–Kier alpha value is -1.33. The average Bonchev–Trinajstić information content (AvgIpc) is 3.10. The van der Waals surface area contributed by atoms with E-state index in [0.29, 0.717) is 28.9 Å². The van der Waals surface area contributed by atoms with E-state index >= 15 is 0 Å². The number of thioether (sulfide) groups is 1. The lowest BCUT2D eigenvalue weighted by Gasteiger charge is -2.18. The number of carbonyl (C=O) groups excluding carboxylic acids is 2. The second kappa shape index (κ2) is 6.84. The fourth-order valence-corrected chi connectivity index (χ4v) is 4.35. The van der Waals surface area contributed by atoms with Crippen molar-refractivity contribution in [3.63, 3.8) is 0 Å². The first kappa shape index (κ1) is 15.6. The molecule has 2 fully saturated rings. The Kier molecular flexibility index (Phi) is 4.84. The van der Waals surface area contributed by atoms with Gasteiger partial charge in [-0.2, -0.15) is 0 Å². The van der Waals surface area contributed by atoms with E-state index in [9.17, 15) is 9.59 Å². The predicted molar refractivity (Wildman–Crippen MR) is 88.9 cm³/mol. The molecule has 3 rings (SSSR count). The van der Waals surface area contributed by atoms with Gasteiger partial charge in [-0.3, -0.25) is 9.59 Å². The van der Waals surface area contributed by atoms with Crippen LogP contribution in [0.3, 0.4) is 0 Å². The van der Waals surface area contributed by atoms with Gasteiger partial charge in [0.05, 0.1) is 11.5 Å². The van der Waals surface area contributed by atoms with Gasteiger partial charge >= 0.3 is 0 Å². The molecular weight excluding hydrogens is 296 g/mol. The molecule has 1 saturated heterocycles. The largest absolute Gasteiger partial charge is 0.341 e. The minimum atomic E-state index is 0.0821.